The van der Waals surface area contributed by atoms with E-state index >= 15 is 0 Å². The molecule has 2 rings (SSSR count). The molecule has 84 valence electrons. The molecule has 16 heavy (non-hydrogen) atoms. The molecule has 2 aromatic heterocycles. The van der Waals surface area contributed by atoms with Gasteiger partial charge in [0, 0.05) is 23.2 Å². The highest BCUT2D eigenvalue weighted by Gasteiger charge is 1.97. The first-order valence-electron chi connectivity index (χ1n) is 5.45. The molecule has 3 nitrogen and oxygen atoms in total. The number of rotatable bonds is 5. The molecule has 0 aliphatic rings. The van der Waals surface area contributed by atoms with E-state index in [0.717, 1.165) is 30.9 Å². The topological polar surface area (TPSA) is 37.8 Å². The van der Waals surface area contributed by atoms with Gasteiger partial charge in [-0.2, -0.15) is 0 Å². The third kappa shape index (κ3) is 3.03. The number of hydrogen-bond acceptors (Lipinski definition) is 4. The summed E-state index contributed by atoms with van der Waals surface area (Å²) < 4.78 is 0. The van der Waals surface area contributed by atoms with Gasteiger partial charge in [-0.3, -0.25) is 0 Å². The quantitative estimate of drug-likeness (QED) is 0.863. The maximum absolute atomic E-state index is 4.19. The molecule has 0 saturated carbocycles. The first-order chi connectivity index (χ1) is 7.88. The third-order valence-electron chi connectivity index (χ3n) is 2.34. The summed E-state index contributed by atoms with van der Waals surface area (Å²) >= 11 is 1.79. The average Bonchev–Trinajstić information content (AvgIpc) is 2.82. The summed E-state index contributed by atoms with van der Waals surface area (Å²) in [6.45, 7) is 3.01. The number of thiophene rings is 1. The van der Waals surface area contributed by atoms with Crippen molar-refractivity contribution < 1.29 is 0 Å². The van der Waals surface area contributed by atoms with E-state index in [1.54, 1.807) is 17.7 Å². The van der Waals surface area contributed by atoms with Crippen LogP contribution in [0.1, 0.15) is 17.5 Å². The molecule has 0 saturated heterocycles. The fourth-order valence-electron chi connectivity index (χ4n) is 1.46. The Bertz CT molecular complexity index is 426. The fraction of sp³-hybridized carbons (Fsp3) is 0.333. The second-order valence-electron chi connectivity index (χ2n) is 3.50. The Kier molecular flexibility index (Phi) is 3.88. The van der Waals surface area contributed by atoms with Crippen LogP contribution in [0.4, 0.5) is 5.82 Å². The van der Waals surface area contributed by atoms with Crippen LogP contribution in [0.15, 0.2) is 29.9 Å². The molecule has 4 heteroatoms. The van der Waals surface area contributed by atoms with Crippen molar-refractivity contribution in [2.45, 2.75) is 19.8 Å². The van der Waals surface area contributed by atoms with E-state index in [-0.39, 0.29) is 0 Å². The highest BCUT2D eigenvalue weighted by molar-refractivity contribution is 7.09. The van der Waals surface area contributed by atoms with E-state index in [4.69, 9.17) is 0 Å². The minimum atomic E-state index is 0.917. The lowest BCUT2D eigenvalue weighted by Crippen LogP contribution is -2.06. The van der Waals surface area contributed by atoms with E-state index in [1.807, 2.05) is 6.07 Å². The Morgan fingerprint density at radius 1 is 1.38 bits per heavy atom. The van der Waals surface area contributed by atoms with Gasteiger partial charge >= 0.3 is 0 Å². The van der Waals surface area contributed by atoms with Crippen molar-refractivity contribution in [3.05, 3.63) is 40.5 Å². The molecule has 0 amide bonds. The number of nitrogens with zero attached hydrogens (tertiary/aromatic N) is 2. The van der Waals surface area contributed by atoms with Crippen LogP contribution in [0.5, 0.6) is 0 Å². The summed E-state index contributed by atoms with van der Waals surface area (Å²) in [5.41, 5.74) is 1.08. The van der Waals surface area contributed by atoms with Crippen molar-refractivity contribution in [1.82, 2.24) is 9.97 Å². The van der Waals surface area contributed by atoms with E-state index in [2.05, 4.69) is 39.7 Å². The standard InChI is InChI=1S/C12H15N3S/c1-2-10-8-12(15-9-14-10)13-6-5-11-4-3-7-16-11/h3-4,7-9H,2,5-6H2,1H3,(H,13,14,15). The molecule has 2 heterocycles. The van der Waals surface area contributed by atoms with Crippen LogP contribution in [0, 0.1) is 0 Å². The highest BCUT2D eigenvalue weighted by Crippen LogP contribution is 2.10. The first-order valence-corrected chi connectivity index (χ1v) is 6.33. The third-order valence-corrected chi connectivity index (χ3v) is 3.28. The summed E-state index contributed by atoms with van der Waals surface area (Å²) in [4.78, 5) is 9.75. The second kappa shape index (κ2) is 5.61. The molecule has 0 unspecified atom stereocenters. The van der Waals surface area contributed by atoms with Gasteiger partial charge in [-0.05, 0) is 24.3 Å². The summed E-state index contributed by atoms with van der Waals surface area (Å²) in [6, 6.07) is 6.25. The molecule has 2 aromatic rings. The predicted molar refractivity (Wildman–Crippen MR) is 67.9 cm³/mol. The molecule has 1 N–H and O–H groups in total. The Labute approximate surface area is 99.6 Å². The van der Waals surface area contributed by atoms with E-state index in [1.165, 1.54) is 4.88 Å². The zero-order valence-electron chi connectivity index (χ0n) is 9.31. The van der Waals surface area contributed by atoms with Crippen molar-refractivity contribution in [1.29, 1.82) is 0 Å². The Morgan fingerprint density at radius 3 is 3.06 bits per heavy atom. The second-order valence-corrected chi connectivity index (χ2v) is 4.54. The average molecular weight is 233 g/mol. The van der Waals surface area contributed by atoms with Gasteiger partial charge < -0.3 is 5.32 Å². The number of aryl methyl sites for hydroxylation is 1. The maximum Gasteiger partial charge on any atom is 0.129 e. The SMILES string of the molecule is CCc1cc(NCCc2cccs2)ncn1. The lowest BCUT2D eigenvalue weighted by Gasteiger charge is -2.05. The number of aromatic nitrogens is 2. The van der Waals surface area contributed by atoms with Crippen LogP contribution in [0.25, 0.3) is 0 Å². The monoisotopic (exact) mass is 233 g/mol. The van der Waals surface area contributed by atoms with Crippen LogP contribution in [0.3, 0.4) is 0 Å². The van der Waals surface area contributed by atoms with E-state index in [0.29, 0.717) is 0 Å². The van der Waals surface area contributed by atoms with E-state index in [9.17, 15) is 0 Å². The molecular weight excluding hydrogens is 218 g/mol. The highest BCUT2D eigenvalue weighted by atomic mass is 32.1. The van der Waals surface area contributed by atoms with Crippen molar-refractivity contribution in [3.63, 3.8) is 0 Å². The number of anilines is 1. The summed E-state index contributed by atoms with van der Waals surface area (Å²) in [7, 11) is 0. The predicted octanol–water partition coefficient (Wildman–Crippen LogP) is 2.76. The number of nitrogens with one attached hydrogen (secondary N) is 1. The van der Waals surface area contributed by atoms with Crippen LogP contribution < -0.4 is 5.32 Å². The van der Waals surface area contributed by atoms with Crippen molar-refractivity contribution in [3.8, 4) is 0 Å². The van der Waals surface area contributed by atoms with Gasteiger partial charge in [0.1, 0.15) is 12.1 Å². The van der Waals surface area contributed by atoms with Crippen molar-refractivity contribution in [2.24, 2.45) is 0 Å². The molecule has 0 bridgehead atoms. The van der Waals surface area contributed by atoms with Gasteiger partial charge in [-0.1, -0.05) is 13.0 Å². The van der Waals surface area contributed by atoms with Gasteiger partial charge in [-0.25, -0.2) is 9.97 Å². The minimum Gasteiger partial charge on any atom is -0.370 e. The Balaban J connectivity index is 1.85. The number of hydrogen-bond donors (Lipinski definition) is 1. The van der Waals surface area contributed by atoms with Gasteiger partial charge in [0.25, 0.3) is 0 Å². The maximum atomic E-state index is 4.19. The Hall–Kier alpha value is -1.42. The molecule has 0 spiro atoms. The zero-order chi connectivity index (χ0) is 11.2. The van der Waals surface area contributed by atoms with Crippen molar-refractivity contribution in [2.75, 3.05) is 11.9 Å². The van der Waals surface area contributed by atoms with Gasteiger partial charge in [0.2, 0.25) is 0 Å². The smallest absolute Gasteiger partial charge is 0.129 e. The first kappa shape index (κ1) is 11.1. The van der Waals surface area contributed by atoms with Crippen LogP contribution in [-0.2, 0) is 12.8 Å². The zero-order valence-corrected chi connectivity index (χ0v) is 10.1. The van der Waals surface area contributed by atoms with Crippen LogP contribution in [-0.4, -0.2) is 16.5 Å². The van der Waals surface area contributed by atoms with Crippen LogP contribution >= 0.6 is 11.3 Å². The van der Waals surface area contributed by atoms with Gasteiger partial charge in [0.05, 0.1) is 0 Å². The lowest BCUT2D eigenvalue weighted by atomic mass is 10.3. The Morgan fingerprint density at radius 2 is 2.31 bits per heavy atom. The summed E-state index contributed by atoms with van der Waals surface area (Å²) in [5, 5.41) is 5.42. The fourth-order valence-corrected chi connectivity index (χ4v) is 2.17. The van der Waals surface area contributed by atoms with E-state index < -0.39 is 0 Å². The largest absolute Gasteiger partial charge is 0.370 e. The van der Waals surface area contributed by atoms with Gasteiger partial charge in [-0.15, -0.1) is 11.3 Å². The molecule has 0 fully saturated rings. The molecule has 0 atom stereocenters. The molecular formula is C12H15N3S. The summed E-state index contributed by atoms with van der Waals surface area (Å²) in [6.07, 6.45) is 3.61. The molecule has 0 aliphatic carbocycles. The van der Waals surface area contributed by atoms with Crippen LogP contribution in [0.2, 0.25) is 0 Å². The van der Waals surface area contributed by atoms with Crippen molar-refractivity contribution >= 4 is 17.2 Å². The molecule has 0 aromatic carbocycles. The molecule has 0 aliphatic heterocycles. The lowest BCUT2D eigenvalue weighted by molar-refractivity contribution is 0.974. The normalized spacial score (nSPS) is 10.3. The van der Waals surface area contributed by atoms with Gasteiger partial charge in [0.15, 0.2) is 0 Å². The summed E-state index contributed by atoms with van der Waals surface area (Å²) in [5.74, 6) is 0.920. The minimum absolute atomic E-state index is 0.917. The molecule has 0 radical (unpaired) electrons.